The summed E-state index contributed by atoms with van der Waals surface area (Å²) in [6, 6.07) is 41.5. The number of rotatable bonds is 8. The van der Waals surface area contributed by atoms with Crippen LogP contribution >= 0.6 is 0 Å². The maximum atomic E-state index is 13.4. The lowest BCUT2D eigenvalue weighted by atomic mass is 9.97. The molecule has 0 aromatic heterocycles. The molecular formula is C48H33NO2. The van der Waals surface area contributed by atoms with E-state index >= 15 is 0 Å². The van der Waals surface area contributed by atoms with Gasteiger partial charge in [0.15, 0.2) is 11.6 Å². The summed E-state index contributed by atoms with van der Waals surface area (Å²) in [5, 5.41) is 6.59. The van der Waals surface area contributed by atoms with Gasteiger partial charge in [0.2, 0.25) is 0 Å². The molecule has 1 aliphatic rings. The molecule has 0 bridgehead atoms. The Hall–Kier alpha value is -6.84. The van der Waals surface area contributed by atoms with E-state index in [0.29, 0.717) is 11.1 Å². The second-order valence-electron chi connectivity index (χ2n) is 12.7. The van der Waals surface area contributed by atoms with Gasteiger partial charge in [0, 0.05) is 33.3 Å². The molecular weight excluding hydrogens is 623 g/mol. The van der Waals surface area contributed by atoms with E-state index in [4.69, 9.17) is 0 Å². The van der Waals surface area contributed by atoms with Gasteiger partial charge < -0.3 is 4.90 Å². The third-order valence-corrected chi connectivity index (χ3v) is 9.79. The fourth-order valence-electron chi connectivity index (χ4n) is 7.24. The molecule has 0 aliphatic heterocycles. The molecule has 0 saturated heterocycles. The third-order valence-electron chi connectivity index (χ3n) is 9.79. The van der Waals surface area contributed by atoms with E-state index < -0.39 is 0 Å². The summed E-state index contributed by atoms with van der Waals surface area (Å²) < 4.78 is 0. The van der Waals surface area contributed by atoms with Gasteiger partial charge in [-0.25, -0.2) is 0 Å². The van der Waals surface area contributed by atoms with Crippen LogP contribution in [0.1, 0.15) is 48.5 Å². The van der Waals surface area contributed by atoms with Crippen LogP contribution in [0.25, 0.3) is 62.7 Å². The molecule has 0 unspecified atom stereocenters. The smallest absolute Gasteiger partial charge is 0.197 e. The van der Waals surface area contributed by atoms with Gasteiger partial charge in [-0.05, 0) is 104 Å². The van der Waals surface area contributed by atoms with Crippen LogP contribution in [0.5, 0.6) is 0 Å². The second-order valence-corrected chi connectivity index (χ2v) is 12.7. The number of benzene rings is 7. The number of ketones is 2. The van der Waals surface area contributed by atoms with Crippen molar-refractivity contribution in [3.63, 3.8) is 0 Å². The first-order valence-electron chi connectivity index (χ1n) is 16.8. The molecule has 7 aromatic rings. The molecule has 242 valence electrons. The Bertz CT molecular complexity index is 2600. The molecule has 3 nitrogen and oxygen atoms in total. The van der Waals surface area contributed by atoms with Gasteiger partial charge >= 0.3 is 0 Å². The van der Waals surface area contributed by atoms with Crippen molar-refractivity contribution in [1.82, 2.24) is 0 Å². The number of hydrogen-bond donors (Lipinski definition) is 0. The number of hydrogen-bond acceptors (Lipinski definition) is 3. The van der Waals surface area contributed by atoms with Crippen LogP contribution in [0.3, 0.4) is 0 Å². The average Bonchev–Trinajstić information content (AvgIpc) is 3.40. The minimum absolute atomic E-state index is 0.159. The normalized spacial score (nSPS) is 12.3. The van der Waals surface area contributed by atoms with Crippen LogP contribution in [0, 0.1) is 0 Å². The van der Waals surface area contributed by atoms with Crippen molar-refractivity contribution in [2.24, 2.45) is 0 Å². The molecule has 8 rings (SSSR count). The Morgan fingerprint density at radius 3 is 1.57 bits per heavy atom. The predicted octanol–water partition coefficient (Wildman–Crippen LogP) is 12.7. The van der Waals surface area contributed by atoms with Gasteiger partial charge in [0.05, 0.1) is 11.3 Å². The van der Waals surface area contributed by atoms with Crippen molar-refractivity contribution in [3.8, 4) is 0 Å². The summed E-state index contributed by atoms with van der Waals surface area (Å²) in [4.78, 5) is 29.2. The number of Topliss-reactive ketones (excluding diaryl/α,β-unsaturated/α-hetero) is 2. The first kappa shape index (κ1) is 31.4. The highest BCUT2D eigenvalue weighted by molar-refractivity contribution is 6.41. The lowest BCUT2D eigenvalue weighted by molar-refractivity contribution is 0.0990. The van der Waals surface area contributed by atoms with Gasteiger partial charge in [-0.1, -0.05) is 123 Å². The maximum absolute atomic E-state index is 13.4. The lowest BCUT2D eigenvalue weighted by Gasteiger charge is -2.29. The fourth-order valence-corrected chi connectivity index (χ4v) is 7.24. The van der Waals surface area contributed by atoms with E-state index in [2.05, 4.69) is 122 Å². The van der Waals surface area contributed by atoms with Gasteiger partial charge in [-0.2, -0.15) is 0 Å². The first-order chi connectivity index (χ1) is 24.9. The van der Waals surface area contributed by atoms with Crippen LogP contribution < -0.4 is 4.90 Å². The number of anilines is 3. The van der Waals surface area contributed by atoms with Crippen molar-refractivity contribution in [2.75, 3.05) is 4.90 Å². The Balaban J connectivity index is 1.27. The molecule has 0 atom stereocenters. The van der Waals surface area contributed by atoms with Gasteiger partial charge in [-0.15, -0.1) is 0 Å². The summed E-state index contributed by atoms with van der Waals surface area (Å²) in [6.45, 7) is 15.8. The Morgan fingerprint density at radius 2 is 0.961 bits per heavy atom. The van der Waals surface area contributed by atoms with Crippen LogP contribution in [-0.2, 0) is 0 Å². The van der Waals surface area contributed by atoms with Crippen molar-refractivity contribution in [1.29, 1.82) is 0 Å². The number of allylic oxidation sites excluding steroid dienone is 1. The van der Waals surface area contributed by atoms with Crippen molar-refractivity contribution in [2.45, 2.75) is 0 Å². The standard InChI is InChI=1S/C48H33NO2/c1-5-31-19-21-39(26-32(31)6-2)49(46-41-15-11-9-13-37(41)25-38-14-10-12-16-42(38)46)40-22-20-35-23-30(17-18-36(35)27-40)24-45-47(50)43-28-33(7-3)34(8-4)29-44(43)48(45)51/h5-29H,1-4H2. The van der Waals surface area contributed by atoms with E-state index in [1.807, 2.05) is 30.4 Å². The summed E-state index contributed by atoms with van der Waals surface area (Å²) >= 11 is 0. The summed E-state index contributed by atoms with van der Waals surface area (Å²) in [5.74, 6) is -0.549. The molecule has 0 N–H and O–H groups in total. The SMILES string of the molecule is C=Cc1ccc(N(c2ccc3cc(C=C4C(=O)c5cc(C=C)c(C=C)cc5C4=O)ccc3c2)c2c3ccccc3cc3ccccc23)cc1C=C. The van der Waals surface area contributed by atoms with Crippen LogP contribution in [0.15, 0.2) is 153 Å². The zero-order valence-electron chi connectivity index (χ0n) is 28.0. The molecule has 3 heteroatoms. The molecule has 0 radical (unpaired) electrons. The van der Waals surface area contributed by atoms with E-state index in [9.17, 15) is 9.59 Å². The van der Waals surface area contributed by atoms with Crippen molar-refractivity contribution >= 4 is 91.3 Å². The van der Waals surface area contributed by atoms with Crippen LogP contribution in [0.4, 0.5) is 17.1 Å². The lowest BCUT2D eigenvalue weighted by Crippen LogP contribution is -2.11. The Morgan fingerprint density at radius 1 is 0.451 bits per heavy atom. The van der Waals surface area contributed by atoms with Crippen LogP contribution in [-0.4, -0.2) is 11.6 Å². The highest BCUT2D eigenvalue weighted by Gasteiger charge is 2.33. The maximum Gasteiger partial charge on any atom is 0.197 e. The van der Waals surface area contributed by atoms with Crippen molar-refractivity contribution < 1.29 is 9.59 Å². The van der Waals surface area contributed by atoms with E-state index in [0.717, 1.165) is 77.2 Å². The van der Waals surface area contributed by atoms with E-state index in [1.54, 1.807) is 30.4 Å². The molecule has 0 saturated carbocycles. The fraction of sp³-hybridized carbons (Fsp3) is 0. The summed E-state index contributed by atoms with van der Waals surface area (Å²) in [5.41, 5.74) is 8.37. The first-order valence-corrected chi connectivity index (χ1v) is 16.8. The number of carbonyl (C=O) groups is 2. The molecule has 0 fully saturated rings. The Labute approximate surface area is 297 Å². The third kappa shape index (κ3) is 5.24. The van der Waals surface area contributed by atoms with Gasteiger partial charge in [0.25, 0.3) is 0 Å². The largest absolute Gasteiger partial charge is 0.309 e. The predicted molar refractivity (Wildman–Crippen MR) is 217 cm³/mol. The van der Waals surface area contributed by atoms with E-state index in [-0.39, 0.29) is 17.1 Å². The van der Waals surface area contributed by atoms with Gasteiger partial charge in [-0.3, -0.25) is 9.59 Å². The Kier molecular flexibility index (Phi) is 7.74. The summed E-state index contributed by atoms with van der Waals surface area (Å²) in [7, 11) is 0. The van der Waals surface area contributed by atoms with Gasteiger partial charge in [0.1, 0.15) is 0 Å². The zero-order valence-corrected chi connectivity index (χ0v) is 28.0. The minimum atomic E-state index is -0.275. The molecule has 7 aromatic carbocycles. The monoisotopic (exact) mass is 655 g/mol. The molecule has 0 spiro atoms. The van der Waals surface area contributed by atoms with E-state index in [1.165, 1.54) is 0 Å². The summed E-state index contributed by atoms with van der Waals surface area (Å²) in [6.07, 6.45) is 8.76. The highest BCUT2D eigenvalue weighted by atomic mass is 16.2. The second kappa shape index (κ2) is 12.6. The molecule has 0 heterocycles. The molecule has 0 amide bonds. The minimum Gasteiger partial charge on any atom is -0.309 e. The number of nitrogens with zero attached hydrogens (tertiary/aromatic N) is 1. The van der Waals surface area contributed by atoms with Crippen LogP contribution in [0.2, 0.25) is 0 Å². The average molecular weight is 656 g/mol. The zero-order chi connectivity index (χ0) is 35.2. The topological polar surface area (TPSA) is 37.4 Å². The van der Waals surface area contributed by atoms with Crippen molar-refractivity contribution in [3.05, 3.63) is 192 Å². The highest BCUT2D eigenvalue weighted by Crippen LogP contribution is 2.45. The number of carbonyl (C=O) groups excluding carboxylic acids is 2. The molecule has 51 heavy (non-hydrogen) atoms. The number of fused-ring (bicyclic) bond motifs is 4. The molecule has 1 aliphatic carbocycles. The quantitative estimate of drug-likeness (QED) is 0.0929.